The van der Waals surface area contributed by atoms with E-state index < -0.39 is 5.41 Å². The zero-order valence-corrected chi connectivity index (χ0v) is 33.3. The number of hydrogen-bond acceptors (Lipinski definition) is 1. The molecule has 0 N–H and O–H groups in total. The standard InChI is InChI=1S/C57H49N/c1-3-15-38(16-4-1)40-27-32-43(33-28-40)58(44-34-29-41(30-35-44)39-17-5-2-6-18-39)54-37-53-55(49-24-10-9-23-48(49)54)50-36-31-42-19-7-8-20-45(42)56(50)57(53)51-25-13-11-21-46(51)47-22-12-14-26-52(47)57/h7-14,19-39H,1-6,15-18H2. The van der Waals surface area contributed by atoms with Crippen molar-refractivity contribution in [2.45, 2.75) is 81.5 Å². The largest absolute Gasteiger partial charge is 0.310 e. The Kier molecular flexibility index (Phi) is 8.00. The van der Waals surface area contributed by atoms with Crippen LogP contribution in [-0.2, 0) is 5.41 Å². The highest BCUT2D eigenvalue weighted by molar-refractivity contribution is 6.14. The Morgan fingerprint density at radius 3 is 1.48 bits per heavy atom. The van der Waals surface area contributed by atoms with E-state index in [2.05, 4.69) is 169 Å². The van der Waals surface area contributed by atoms with E-state index >= 15 is 0 Å². The summed E-state index contributed by atoms with van der Waals surface area (Å²) in [7, 11) is 0. The maximum absolute atomic E-state index is 2.61. The van der Waals surface area contributed by atoms with Crippen molar-refractivity contribution >= 4 is 38.6 Å². The molecule has 0 radical (unpaired) electrons. The average molecular weight is 748 g/mol. The fourth-order valence-electron chi connectivity index (χ4n) is 12.0. The van der Waals surface area contributed by atoms with Crippen molar-refractivity contribution in [2.75, 3.05) is 4.90 Å². The molecular formula is C57H49N. The van der Waals surface area contributed by atoms with Crippen LogP contribution in [0.2, 0.25) is 0 Å². The lowest BCUT2D eigenvalue weighted by atomic mass is 9.69. The second kappa shape index (κ2) is 13.6. The summed E-state index contributed by atoms with van der Waals surface area (Å²) >= 11 is 0. The van der Waals surface area contributed by atoms with E-state index in [-0.39, 0.29) is 0 Å². The molecule has 0 aliphatic heterocycles. The van der Waals surface area contributed by atoms with Crippen LogP contribution in [0.5, 0.6) is 0 Å². The zero-order chi connectivity index (χ0) is 38.2. The maximum atomic E-state index is 2.61. The highest BCUT2D eigenvalue weighted by Crippen LogP contribution is 2.66. The van der Waals surface area contributed by atoms with Crippen LogP contribution in [0.15, 0.2) is 164 Å². The highest BCUT2D eigenvalue weighted by atomic mass is 15.1. The van der Waals surface area contributed by atoms with Gasteiger partial charge in [0.1, 0.15) is 0 Å². The normalized spacial score (nSPS) is 17.0. The van der Waals surface area contributed by atoms with E-state index in [1.54, 1.807) is 0 Å². The molecule has 2 fully saturated rings. The minimum absolute atomic E-state index is 0.473. The van der Waals surface area contributed by atoms with Gasteiger partial charge in [0.15, 0.2) is 0 Å². The number of anilines is 3. The molecule has 4 aliphatic rings. The Balaban J connectivity index is 1.15. The number of fused-ring (bicyclic) bond motifs is 14. The van der Waals surface area contributed by atoms with Crippen molar-refractivity contribution in [1.29, 1.82) is 0 Å². The summed E-state index contributed by atoms with van der Waals surface area (Å²) in [6.07, 6.45) is 13.4. The van der Waals surface area contributed by atoms with Crippen LogP contribution in [0.3, 0.4) is 0 Å². The molecule has 282 valence electrons. The van der Waals surface area contributed by atoms with E-state index in [9.17, 15) is 0 Å². The molecule has 8 aromatic rings. The van der Waals surface area contributed by atoms with E-state index in [4.69, 9.17) is 0 Å². The van der Waals surface area contributed by atoms with Crippen molar-refractivity contribution in [3.63, 3.8) is 0 Å². The molecule has 0 heterocycles. The lowest BCUT2D eigenvalue weighted by Gasteiger charge is -2.34. The second-order valence-electron chi connectivity index (χ2n) is 17.6. The topological polar surface area (TPSA) is 3.24 Å². The summed E-state index contributed by atoms with van der Waals surface area (Å²) in [6.45, 7) is 0. The van der Waals surface area contributed by atoms with Crippen LogP contribution < -0.4 is 4.90 Å². The first kappa shape index (κ1) is 34.1. The maximum Gasteiger partial charge on any atom is 0.0732 e. The molecule has 0 bridgehead atoms. The predicted molar refractivity (Wildman–Crippen MR) is 244 cm³/mol. The molecular weight excluding hydrogens is 699 g/mol. The van der Waals surface area contributed by atoms with Crippen molar-refractivity contribution in [3.05, 3.63) is 197 Å². The Bertz CT molecular complexity index is 2740. The molecule has 0 unspecified atom stereocenters. The lowest BCUT2D eigenvalue weighted by Crippen LogP contribution is -2.26. The van der Waals surface area contributed by atoms with Gasteiger partial charge in [-0.2, -0.15) is 0 Å². The third kappa shape index (κ3) is 5.02. The SMILES string of the molecule is c1ccc2c(c1)-c1ccccc1C21c2cc(N(c3ccc(C4CCCCC4)cc3)c3ccc(C4CCCCC4)cc3)c3ccccc3c2-c2ccc3ccccc3c21. The Labute approximate surface area is 343 Å². The highest BCUT2D eigenvalue weighted by Gasteiger charge is 2.53. The molecule has 0 amide bonds. The summed E-state index contributed by atoms with van der Waals surface area (Å²) in [5.41, 5.74) is 17.2. The van der Waals surface area contributed by atoms with Gasteiger partial charge >= 0.3 is 0 Å². The Morgan fingerprint density at radius 2 is 0.897 bits per heavy atom. The van der Waals surface area contributed by atoms with Gasteiger partial charge in [-0.15, -0.1) is 0 Å². The van der Waals surface area contributed by atoms with Crippen LogP contribution in [0, 0.1) is 0 Å². The first-order valence-electron chi connectivity index (χ1n) is 22.1. The van der Waals surface area contributed by atoms with Gasteiger partial charge in [-0.25, -0.2) is 0 Å². The van der Waals surface area contributed by atoms with Gasteiger partial charge in [0.25, 0.3) is 0 Å². The summed E-state index contributed by atoms with van der Waals surface area (Å²) < 4.78 is 0. The van der Waals surface area contributed by atoms with Crippen molar-refractivity contribution in [1.82, 2.24) is 0 Å². The van der Waals surface area contributed by atoms with Gasteiger partial charge < -0.3 is 4.90 Å². The summed E-state index contributed by atoms with van der Waals surface area (Å²) in [5, 5.41) is 5.22. The minimum atomic E-state index is -0.473. The molecule has 0 saturated heterocycles. The van der Waals surface area contributed by atoms with Crippen LogP contribution in [0.4, 0.5) is 17.1 Å². The number of nitrogens with zero attached hydrogens (tertiary/aromatic N) is 1. The molecule has 12 rings (SSSR count). The fraction of sp³-hybridized carbons (Fsp3) is 0.228. The summed E-state index contributed by atoms with van der Waals surface area (Å²) in [4.78, 5) is 2.58. The van der Waals surface area contributed by atoms with Crippen molar-refractivity contribution in [3.8, 4) is 22.3 Å². The third-order valence-electron chi connectivity index (χ3n) is 14.6. The number of benzene rings is 8. The van der Waals surface area contributed by atoms with Gasteiger partial charge in [-0.3, -0.25) is 0 Å². The summed E-state index contributed by atoms with van der Waals surface area (Å²) in [5.74, 6) is 1.34. The van der Waals surface area contributed by atoms with Gasteiger partial charge in [-0.1, -0.05) is 172 Å². The van der Waals surface area contributed by atoms with Crippen molar-refractivity contribution < 1.29 is 0 Å². The second-order valence-corrected chi connectivity index (χ2v) is 17.6. The van der Waals surface area contributed by atoms with Gasteiger partial charge in [0.05, 0.1) is 11.1 Å². The van der Waals surface area contributed by atoms with Gasteiger partial charge in [-0.05, 0) is 140 Å². The zero-order valence-electron chi connectivity index (χ0n) is 33.3. The number of hydrogen-bond donors (Lipinski definition) is 0. The van der Waals surface area contributed by atoms with Crippen LogP contribution in [0.1, 0.15) is 109 Å². The molecule has 1 spiro atoms. The molecule has 58 heavy (non-hydrogen) atoms. The monoisotopic (exact) mass is 747 g/mol. The van der Waals surface area contributed by atoms with Crippen molar-refractivity contribution in [2.24, 2.45) is 0 Å². The lowest BCUT2D eigenvalue weighted by molar-refractivity contribution is 0.443. The van der Waals surface area contributed by atoms with E-state index in [0.717, 1.165) is 0 Å². The molecule has 4 aliphatic carbocycles. The molecule has 1 heteroatoms. The summed E-state index contributed by atoms with van der Waals surface area (Å²) in [6, 6.07) is 63.6. The first-order chi connectivity index (χ1) is 28.8. The number of rotatable bonds is 5. The smallest absolute Gasteiger partial charge is 0.0732 e. The predicted octanol–water partition coefficient (Wildman–Crippen LogP) is 15.9. The Morgan fingerprint density at radius 1 is 0.397 bits per heavy atom. The Hall–Kier alpha value is -5.92. The molecule has 0 atom stereocenters. The molecule has 2 saturated carbocycles. The van der Waals surface area contributed by atoms with Gasteiger partial charge in [0.2, 0.25) is 0 Å². The molecule has 0 aromatic heterocycles. The van der Waals surface area contributed by atoms with Crippen LogP contribution >= 0.6 is 0 Å². The fourth-order valence-corrected chi connectivity index (χ4v) is 12.0. The minimum Gasteiger partial charge on any atom is -0.310 e. The molecule has 8 aromatic carbocycles. The quantitative estimate of drug-likeness (QED) is 0.169. The first-order valence-corrected chi connectivity index (χ1v) is 22.1. The van der Waals surface area contributed by atoms with E-state index in [1.807, 2.05) is 0 Å². The van der Waals surface area contributed by atoms with E-state index in [0.29, 0.717) is 11.8 Å². The van der Waals surface area contributed by atoms with Crippen LogP contribution in [0.25, 0.3) is 43.8 Å². The van der Waals surface area contributed by atoms with Gasteiger partial charge in [0, 0.05) is 16.8 Å². The molecule has 1 nitrogen and oxygen atoms in total. The van der Waals surface area contributed by atoms with E-state index in [1.165, 1.54) is 158 Å². The van der Waals surface area contributed by atoms with Crippen LogP contribution in [-0.4, -0.2) is 0 Å². The third-order valence-corrected chi connectivity index (χ3v) is 14.6. The average Bonchev–Trinajstić information content (AvgIpc) is 3.78.